The van der Waals surface area contributed by atoms with Crippen molar-refractivity contribution in [2.75, 3.05) is 13.7 Å². The van der Waals surface area contributed by atoms with Gasteiger partial charge in [0.2, 0.25) is 0 Å². The molecule has 19 heavy (non-hydrogen) atoms. The molecular weight excluding hydrogens is 240 g/mol. The van der Waals surface area contributed by atoms with Crippen molar-refractivity contribution in [3.63, 3.8) is 0 Å². The van der Waals surface area contributed by atoms with Crippen LogP contribution in [0.4, 0.5) is 0 Å². The molecule has 0 aliphatic heterocycles. The van der Waals surface area contributed by atoms with Crippen LogP contribution in [0.2, 0.25) is 0 Å². The third-order valence-corrected chi connectivity index (χ3v) is 3.21. The van der Waals surface area contributed by atoms with Crippen LogP contribution in [0.3, 0.4) is 0 Å². The molecule has 2 N–H and O–H groups in total. The molecule has 0 amide bonds. The molecule has 0 fully saturated rings. The second-order valence-electron chi connectivity index (χ2n) is 4.55. The highest BCUT2D eigenvalue weighted by Crippen LogP contribution is 2.22. The monoisotopic (exact) mass is 260 g/mol. The first-order valence-corrected chi connectivity index (χ1v) is 6.55. The molecule has 0 radical (unpaired) electrons. The number of aliphatic hydroxyl groups is 1. The Morgan fingerprint density at radius 1 is 1.37 bits per heavy atom. The van der Waals surface area contributed by atoms with Crippen molar-refractivity contribution in [3.05, 3.63) is 36.0 Å². The number of aliphatic hydroxyl groups excluding tert-OH is 1. The minimum absolute atomic E-state index is 0.289. The summed E-state index contributed by atoms with van der Waals surface area (Å²) < 4.78 is 5.25. The fraction of sp³-hybridized carbons (Fsp3) is 0.400. The van der Waals surface area contributed by atoms with Crippen LogP contribution in [0.1, 0.15) is 18.9 Å². The summed E-state index contributed by atoms with van der Waals surface area (Å²) in [7, 11) is 1.66. The third-order valence-electron chi connectivity index (χ3n) is 3.21. The first-order chi connectivity index (χ1) is 9.24. The number of hydrogen-bond acceptors (Lipinski definition) is 4. The highest BCUT2D eigenvalue weighted by atomic mass is 16.5. The normalized spacial score (nSPS) is 12.6. The van der Waals surface area contributed by atoms with Gasteiger partial charge in [-0.1, -0.05) is 6.92 Å². The van der Waals surface area contributed by atoms with E-state index in [1.54, 1.807) is 7.11 Å². The van der Waals surface area contributed by atoms with E-state index >= 15 is 0 Å². The molecule has 2 rings (SSSR count). The second-order valence-corrected chi connectivity index (χ2v) is 4.55. The Balaban J connectivity index is 2.17. The standard InChI is InChI=1S/C15H20N2O2/c1-3-12(18)10-16-9-11-6-7-17-15-5-4-13(19-2)8-14(11)15/h4-8,12,16,18H,3,9-10H2,1-2H3/t12-/m0/s1. The maximum absolute atomic E-state index is 9.54. The quantitative estimate of drug-likeness (QED) is 0.835. The van der Waals surface area contributed by atoms with Crippen molar-refractivity contribution < 1.29 is 9.84 Å². The lowest BCUT2D eigenvalue weighted by molar-refractivity contribution is 0.167. The molecular formula is C15H20N2O2. The smallest absolute Gasteiger partial charge is 0.119 e. The van der Waals surface area contributed by atoms with Crippen LogP contribution in [0.25, 0.3) is 10.9 Å². The lowest BCUT2D eigenvalue weighted by Gasteiger charge is -2.11. The highest BCUT2D eigenvalue weighted by molar-refractivity contribution is 5.83. The van der Waals surface area contributed by atoms with Crippen molar-refractivity contribution in [3.8, 4) is 5.75 Å². The minimum atomic E-state index is -0.289. The van der Waals surface area contributed by atoms with Crippen LogP contribution in [-0.2, 0) is 6.54 Å². The maximum atomic E-state index is 9.54. The highest BCUT2D eigenvalue weighted by Gasteiger charge is 2.05. The molecule has 1 aromatic carbocycles. The maximum Gasteiger partial charge on any atom is 0.119 e. The zero-order valence-corrected chi connectivity index (χ0v) is 11.4. The average Bonchev–Trinajstić information content (AvgIpc) is 2.46. The Morgan fingerprint density at radius 3 is 2.95 bits per heavy atom. The van der Waals surface area contributed by atoms with Crippen molar-refractivity contribution in [1.82, 2.24) is 10.3 Å². The van der Waals surface area contributed by atoms with E-state index in [0.717, 1.165) is 28.6 Å². The average molecular weight is 260 g/mol. The van der Waals surface area contributed by atoms with Crippen LogP contribution < -0.4 is 10.1 Å². The molecule has 2 aromatic rings. The SMILES string of the molecule is CC[C@H](O)CNCc1ccnc2ccc(OC)cc12. The van der Waals surface area contributed by atoms with Crippen LogP contribution in [0.15, 0.2) is 30.5 Å². The Labute approximate surface area is 113 Å². The molecule has 0 bridgehead atoms. The van der Waals surface area contributed by atoms with E-state index in [1.165, 1.54) is 0 Å². The largest absolute Gasteiger partial charge is 0.497 e. The van der Waals surface area contributed by atoms with Gasteiger partial charge in [0.05, 0.1) is 18.7 Å². The molecule has 1 aromatic heterocycles. The van der Waals surface area contributed by atoms with Crippen molar-refractivity contribution >= 4 is 10.9 Å². The number of benzene rings is 1. The van der Waals surface area contributed by atoms with E-state index < -0.39 is 0 Å². The van der Waals surface area contributed by atoms with Gasteiger partial charge in [-0.3, -0.25) is 4.98 Å². The number of ether oxygens (including phenoxy) is 1. The fourth-order valence-corrected chi connectivity index (χ4v) is 1.98. The lowest BCUT2D eigenvalue weighted by Crippen LogP contribution is -2.25. The van der Waals surface area contributed by atoms with E-state index in [2.05, 4.69) is 10.3 Å². The molecule has 0 aliphatic carbocycles. The van der Waals surface area contributed by atoms with E-state index in [-0.39, 0.29) is 6.10 Å². The van der Waals surface area contributed by atoms with Gasteiger partial charge in [0, 0.05) is 24.7 Å². The van der Waals surface area contributed by atoms with E-state index in [9.17, 15) is 5.11 Å². The molecule has 1 atom stereocenters. The summed E-state index contributed by atoms with van der Waals surface area (Å²) in [6, 6.07) is 7.86. The number of rotatable bonds is 6. The zero-order chi connectivity index (χ0) is 13.7. The number of fused-ring (bicyclic) bond motifs is 1. The Hall–Kier alpha value is -1.65. The third kappa shape index (κ3) is 3.43. The van der Waals surface area contributed by atoms with Gasteiger partial charge in [0.25, 0.3) is 0 Å². The summed E-state index contributed by atoms with van der Waals surface area (Å²) in [5.74, 6) is 0.829. The predicted molar refractivity (Wildman–Crippen MR) is 76.3 cm³/mol. The summed E-state index contributed by atoms with van der Waals surface area (Å²) in [6.07, 6.45) is 2.28. The Morgan fingerprint density at radius 2 is 2.21 bits per heavy atom. The van der Waals surface area contributed by atoms with Crippen LogP contribution >= 0.6 is 0 Å². The zero-order valence-electron chi connectivity index (χ0n) is 11.4. The molecule has 0 aliphatic rings. The van der Waals surface area contributed by atoms with Gasteiger partial charge in [0.1, 0.15) is 5.75 Å². The molecule has 4 nitrogen and oxygen atoms in total. The van der Waals surface area contributed by atoms with Gasteiger partial charge >= 0.3 is 0 Å². The lowest BCUT2D eigenvalue weighted by atomic mass is 10.1. The number of nitrogens with one attached hydrogen (secondary N) is 1. The number of aromatic nitrogens is 1. The van der Waals surface area contributed by atoms with E-state index in [4.69, 9.17) is 4.74 Å². The Bertz CT molecular complexity index is 543. The van der Waals surface area contributed by atoms with Gasteiger partial charge in [-0.25, -0.2) is 0 Å². The van der Waals surface area contributed by atoms with Crippen molar-refractivity contribution in [2.45, 2.75) is 26.0 Å². The van der Waals surface area contributed by atoms with Gasteiger partial charge in [-0.2, -0.15) is 0 Å². The van der Waals surface area contributed by atoms with Gasteiger partial charge < -0.3 is 15.2 Å². The predicted octanol–water partition coefficient (Wildman–Crippen LogP) is 2.10. The fourth-order valence-electron chi connectivity index (χ4n) is 1.98. The first kappa shape index (κ1) is 13.8. The van der Waals surface area contributed by atoms with Gasteiger partial charge in [-0.05, 0) is 36.2 Å². The van der Waals surface area contributed by atoms with Gasteiger partial charge in [-0.15, -0.1) is 0 Å². The van der Waals surface area contributed by atoms with Crippen LogP contribution in [0, 0.1) is 0 Å². The summed E-state index contributed by atoms with van der Waals surface area (Å²) >= 11 is 0. The molecule has 0 spiro atoms. The summed E-state index contributed by atoms with van der Waals surface area (Å²) in [5, 5.41) is 13.9. The van der Waals surface area contributed by atoms with Crippen molar-refractivity contribution in [1.29, 1.82) is 0 Å². The van der Waals surface area contributed by atoms with E-state index in [0.29, 0.717) is 13.1 Å². The molecule has 0 saturated carbocycles. The molecule has 0 saturated heterocycles. The van der Waals surface area contributed by atoms with Crippen molar-refractivity contribution in [2.24, 2.45) is 0 Å². The summed E-state index contributed by atoms with van der Waals surface area (Å²) in [6.45, 7) is 3.28. The van der Waals surface area contributed by atoms with Crippen LogP contribution in [0.5, 0.6) is 5.75 Å². The Kier molecular flexibility index (Phi) is 4.71. The number of methoxy groups -OCH3 is 1. The molecule has 4 heteroatoms. The minimum Gasteiger partial charge on any atom is -0.497 e. The number of nitrogens with zero attached hydrogens (tertiary/aromatic N) is 1. The van der Waals surface area contributed by atoms with Crippen LogP contribution in [-0.4, -0.2) is 29.8 Å². The molecule has 0 unspecified atom stereocenters. The number of pyridine rings is 1. The number of hydrogen-bond donors (Lipinski definition) is 2. The molecule has 1 heterocycles. The van der Waals surface area contributed by atoms with E-state index in [1.807, 2.05) is 37.4 Å². The topological polar surface area (TPSA) is 54.4 Å². The summed E-state index contributed by atoms with van der Waals surface area (Å²) in [4.78, 5) is 4.34. The first-order valence-electron chi connectivity index (χ1n) is 6.55. The summed E-state index contributed by atoms with van der Waals surface area (Å²) in [5.41, 5.74) is 2.11. The van der Waals surface area contributed by atoms with Gasteiger partial charge in [0.15, 0.2) is 0 Å². The second kappa shape index (κ2) is 6.50. The molecule has 102 valence electrons.